The third-order valence-corrected chi connectivity index (χ3v) is 2.14. The minimum absolute atomic E-state index is 0.0996. The van der Waals surface area contributed by atoms with Gasteiger partial charge in [0.2, 0.25) is 5.76 Å². The maximum absolute atomic E-state index is 11.3. The topological polar surface area (TPSA) is 75.4 Å². The van der Waals surface area contributed by atoms with Gasteiger partial charge in [0.15, 0.2) is 0 Å². The predicted octanol–water partition coefficient (Wildman–Crippen LogP) is -0.215. The molecule has 5 heteroatoms. The van der Waals surface area contributed by atoms with Gasteiger partial charge in [-0.3, -0.25) is 4.79 Å². The fourth-order valence-corrected chi connectivity index (χ4v) is 1.20. The Morgan fingerprint density at radius 3 is 3.23 bits per heavy atom. The molecule has 1 aliphatic carbocycles. The van der Waals surface area contributed by atoms with Crippen molar-refractivity contribution in [1.29, 1.82) is 0 Å². The van der Waals surface area contributed by atoms with Gasteiger partial charge in [-0.25, -0.2) is 0 Å². The van der Waals surface area contributed by atoms with Crippen molar-refractivity contribution >= 4 is 5.91 Å². The van der Waals surface area contributed by atoms with E-state index >= 15 is 0 Å². The van der Waals surface area contributed by atoms with Crippen molar-refractivity contribution in [3.8, 4) is 0 Å². The molecule has 0 radical (unpaired) electrons. The summed E-state index contributed by atoms with van der Waals surface area (Å²) in [5.74, 6) is 0.161. The number of nitrogens with one attached hydrogen (secondary N) is 1. The van der Waals surface area contributed by atoms with E-state index in [2.05, 4.69) is 15.0 Å². The SMILES string of the molecule is O=C(NC1CC1CO)c1ccno1. The summed E-state index contributed by atoms with van der Waals surface area (Å²) in [4.78, 5) is 11.3. The van der Waals surface area contributed by atoms with Gasteiger partial charge < -0.3 is 14.9 Å². The van der Waals surface area contributed by atoms with Crippen LogP contribution in [-0.2, 0) is 0 Å². The van der Waals surface area contributed by atoms with E-state index in [1.807, 2.05) is 0 Å². The highest BCUT2D eigenvalue weighted by molar-refractivity contribution is 5.91. The minimum atomic E-state index is -0.265. The molecule has 1 heterocycles. The Hall–Kier alpha value is -1.36. The Balaban J connectivity index is 1.87. The highest BCUT2D eigenvalue weighted by Gasteiger charge is 2.38. The van der Waals surface area contributed by atoms with Crippen molar-refractivity contribution in [2.75, 3.05) is 6.61 Å². The summed E-state index contributed by atoms with van der Waals surface area (Å²) in [5.41, 5.74) is 0. The van der Waals surface area contributed by atoms with E-state index in [1.54, 1.807) is 0 Å². The molecule has 2 unspecified atom stereocenters. The molecular weight excluding hydrogens is 172 g/mol. The van der Waals surface area contributed by atoms with Crippen molar-refractivity contribution in [2.24, 2.45) is 5.92 Å². The number of aliphatic hydroxyl groups excluding tert-OH is 1. The highest BCUT2D eigenvalue weighted by Crippen LogP contribution is 2.29. The average Bonchev–Trinajstić information content (AvgIpc) is 2.68. The zero-order chi connectivity index (χ0) is 9.26. The number of hydrogen-bond acceptors (Lipinski definition) is 4. The molecule has 0 saturated heterocycles. The van der Waals surface area contributed by atoms with Gasteiger partial charge in [0.05, 0.1) is 6.20 Å². The molecule has 0 bridgehead atoms. The standard InChI is InChI=1S/C8H10N2O3/c11-4-5-3-6(5)10-8(12)7-1-2-9-13-7/h1-2,5-6,11H,3-4H2,(H,10,12). The van der Waals surface area contributed by atoms with Crippen LogP contribution in [0.3, 0.4) is 0 Å². The molecule has 0 aromatic carbocycles. The molecule has 13 heavy (non-hydrogen) atoms. The van der Waals surface area contributed by atoms with E-state index in [0.717, 1.165) is 6.42 Å². The summed E-state index contributed by atoms with van der Waals surface area (Å²) in [6.45, 7) is 0.126. The zero-order valence-corrected chi connectivity index (χ0v) is 6.93. The van der Waals surface area contributed by atoms with Gasteiger partial charge in [-0.15, -0.1) is 0 Å². The van der Waals surface area contributed by atoms with Gasteiger partial charge in [0, 0.05) is 24.6 Å². The number of amides is 1. The molecule has 0 spiro atoms. The molecule has 1 amide bonds. The molecule has 1 fully saturated rings. The van der Waals surface area contributed by atoms with E-state index in [9.17, 15) is 4.79 Å². The van der Waals surface area contributed by atoms with E-state index in [0.29, 0.717) is 0 Å². The second kappa shape index (κ2) is 3.18. The third kappa shape index (κ3) is 1.70. The van der Waals surface area contributed by atoms with E-state index in [4.69, 9.17) is 5.11 Å². The molecule has 0 aliphatic heterocycles. The van der Waals surface area contributed by atoms with Gasteiger partial charge in [-0.05, 0) is 6.42 Å². The quantitative estimate of drug-likeness (QED) is 0.678. The molecular formula is C8H10N2O3. The molecule has 1 aliphatic rings. The normalized spacial score (nSPS) is 25.6. The van der Waals surface area contributed by atoms with Crippen LogP contribution in [0.2, 0.25) is 0 Å². The molecule has 5 nitrogen and oxygen atoms in total. The lowest BCUT2D eigenvalue weighted by atomic mass is 10.4. The zero-order valence-electron chi connectivity index (χ0n) is 6.93. The summed E-state index contributed by atoms with van der Waals surface area (Å²) in [5, 5.41) is 14.9. The fourth-order valence-electron chi connectivity index (χ4n) is 1.20. The Labute approximate surface area is 74.7 Å². The predicted molar refractivity (Wildman–Crippen MR) is 43.0 cm³/mol. The van der Waals surface area contributed by atoms with Gasteiger partial charge in [-0.1, -0.05) is 5.16 Å². The Morgan fingerprint density at radius 1 is 1.85 bits per heavy atom. The number of carbonyl (C=O) groups is 1. The number of hydrogen-bond donors (Lipinski definition) is 2. The summed E-state index contributed by atoms with van der Waals surface area (Å²) < 4.78 is 4.67. The monoisotopic (exact) mass is 182 g/mol. The van der Waals surface area contributed by atoms with Crippen LogP contribution in [0.15, 0.2) is 16.8 Å². The Bertz CT molecular complexity index is 296. The molecule has 2 atom stereocenters. The summed E-state index contributed by atoms with van der Waals surface area (Å²) in [7, 11) is 0. The van der Waals surface area contributed by atoms with Crippen LogP contribution in [0.25, 0.3) is 0 Å². The summed E-state index contributed by atoms with van der Waals surface area (Å²) >= 11 is 0. The van der Waals surface area contributed by atoms with Crippen molar-refractivity contribution in [1.82, 2.24) is 10.5 Å². The van der Waals surface area contributed by atoms with Crippen LogP contribution in [0, 0.1) is 5.92 Å². The Morgan fingerprint density at radius 2 is 2.69 bits per heavy atom. The first-order chi connectivity index (χ1) is 6.31. The van der Waals surface area contributed by atoms with Crippen LogP contribution in [-0.4, -0.2) is 28.8 Å². The lowest BCUT2D eigenvalue weighted by Crippen LogP contribution is -2.26. The molecule has 2 rings (SSSR count). The largest absolute Gasteiger partial charge is 0.396 e. The molecule has 1 aromatic rings. The fraction of sp³-hybridized carbons (Fsp3) is 0.500. The van der Waals surface area contributed by atoms with Gasteiger partial charge in [-0.2, -0.15) is 0 Å². The van der Waals surface area contributed by atoms with Crippen LogP contribution in [0.4, 0.5) is 0 Å². The van der Waals surface area contributed by atoms with Gasteiger partial charge in [0.1, 0.15) is 0 Å². The van der Waals surface area contributed by atoms with Crippen molar-refractivity contribution in [3.05, 3.63) is 18.0 Å². The smallest absolute Gasteiger partial charge is 0.290 e. The number of aliphatic hydroxyl groups is 1. The minimum Gasteiger partial charge on any atom is -0.396 e. The van der Waals surface area contributed by atoms with Crippen LogP contribution < -0.4 is 5.32 Å². The summed E-state index contributed by atoms with van der Waals surface area (Å²) in [6.07, 6.45) is 2.27. The van der Waals surface area contributed by atoms with Crippen LogP contribution >= 0.6 is 0 Å². The maximum Gasteiger partial charge on any atom is 0.290 e. The Kier molecular flexibility index (Phi) is 2.02. The molecule has 1 saturated carbocycles. The average molecular weight is 182 g/mol. The number of carbonyl (C=O) groups excluding carboxylic acids is 1. The first kappa shape index (κ1) is 8.25. The number of rotatable bonds is 3. The van der Waals surface area contributed by atoms with Gasteiger partial charge in [0.25, 0.3) is 5.91 Å². The van der Waals surface area contributed by atoms with Crippen LogP contribution in [0.5, 0.6) is 0 Å². The lowest BCUT2D eigenvalue weighted by Gasteiger charge is -1.98. The maximum atomic E-state index is 11.3. The molecule has 1 aromatic heterocycles. The van der Waals surface area contributed by atoms with E-state index < -0.39 is 0 Å². The first-order valence-corrected chi connectivity index (χ1v) is 4.13. The number of nitrogens with zero attached hydrogens (tertiary/aromatic N) is 1. The molecule has 70 valence electrons. The molecule has 2 N–H and O–H groups in total. The van der Waals surface area contributed by atoms with Crippen LogP contribution in [0.1, 0.15) is 17.0 Å². The second-order valence-electron chi connectivity index (χ2n) is 3.13. The second-order valence-corrected chi connectivity index (χ2v) is 3.13. The number of aromatic nitrogens is 1. The van der Waals surface area contributed by atoms with E-state index in [1.165, 1.54) is 12.3 Å². The van der Waals surface area contributed by atoms with Gasteiger partial charge >= 0.3 is 0 Å². The lowest BCUT2D eigenvalue weighted by molar-refractivity contribution is 0.0910. The summed E-state index contributed by atoms with van der Waals surface area (Å²) in [6, 6.07) is 1.61. The van der Waals surface area contributed by atoms with Crippen molar-refractivity contribution < 1.29 is 14.4 Å². The first-order valence-electron chi connectivity index (χ1n) is 4.13. The highest BCUT2D eigenvalue weighted by atomic mass is 16.5. The third-order valence-electron chi connectivity index (χ3n) is 2.14. The van der Waals surface area contributed by atoms with Crippen molar-refractivity contribution in [2.45, 2.75) is 12.5 Å². The van der Waals surface area contributed by atoms with E-state index in [-0.39, 0.29) is 30.2 Å². The van der Waals surface area contributed by atoms with Crippen molar-refractivity contribution in [3.63, 3.8) is 0 Å².